The first-order valence-corrected chi connectivity index (χ1v) is 14.6. The average Bonchev–Trinajstić information content (AvgIpc) is 3.24. The van der Waals surface area contributed by atoms with E-state index in [4.69, 9.17) is 13.7 Å². The molecule has 1 fully saturated rings. The van der Waals surface area contributed by atoms with Crippen LogP contribution in [0, 0.1) is 0 Å². The molecule has 1 N–H and O–H groups in total. The van der Waals surface area contributed by atoms with Crippen LogP contribution >= 0.6 is 15.9 Å². The van der Waals surface area contributed by atoms with Crippen LogP contribution in [-0.2, 0) is 33.4 Å². The summed E-state index contributed by atoms with van der Waals surface area (Å²) in [6.45, 7) is 8.66. The third kappa shape index (κ3) is 9.70. The van der Waals surface area contributed by atoms with Crippen molar-refractivity contribution in [1.29, 1.82) is 0 Å². The summed E-state index contributed by atoms with van der Waals surface area (Å²) in [5.41, 5.74) is -0.774. The maximum absolute atomic E-state index is 13.6. The van der Waals surface area contributed by atoms with E-state index in [1.807, 2.05) is 6.08 Å². The Balaban J connectivity index is 2.22. The van der Waals surface area contributed by atoms with Crippen LogP contribution in [0.25, 0.3) is 0 Å². The number of likely N-dealkylation sites (tertiary alicyclic amines) is 1. The van der Waals surface area contributed by atoms with Crippen LogP contribution in [0.4, 0.5) is 4.79 Å². The number of nitrogens with zero attached hydrogens (tertiary/aromatic N) is 1. The van der Waals surface area contributed by atoms with E-state index in [-0.39, 0.29) is 17.9 Å². The highest BCUT2D eigenvalue weighted by Crippen LogP contribution is 2.27. The minimum atomic E-state index is -4.16. The molecule has 2 amide bonds. The van der Waals surface area contributed by atoms with Gasteiger partial charge in [0.25, 0.3) is 10.1 Å². The molecule has 0 bridgehead atoms. The molecule has 3 atom stereocenters. The van der Waals surface area contributed by atoms with Gasteiger partial charge in [-0.2, -0.15) is 8.42 Å². The number of hydrogen-bond donors (Lipinski definition) is 1. The van der Waals surface area contributed by atoms with Gasteiger partial charge in [-0.25, -0.2) is 9.59 Å². The standard InChI is InChI=1S/C26H37BrN2O8S/c1-6-7-8-9-10-11-21(28-25(32)36-26(2,3)4)23(30)29-17-19(16-22(29)24(31)35-5)37-38(33,34)20-14-12-18(27)13-15-20/h6,12-15,19,21-22H,1,7-11,16-17H2,2-5H3,(H,28,32)/t19-,21-,22-/m0/s1. The van der Waals surface area contributed by atoms with Crippen molar-refractivity contribution in [2.75, 3.05) is 13.7 Å². The highest BCUT2D eigenvalue weighted by Gasteiger charge is 2.44. The molecule has 0 spiro atoms. The van der Waals surface area contributed by atoms with E-state index in [2.05, 4.69) is 27.8 Å². The minimum absolute atomic E-state index is 0.0518. The van der Waals surface area contributed by atoms with Gasteiger partial charge >= 0.3 is 12.1 Å². The van der Waals surface area contributed by atoms with Crippen LogP contribution in [0.2, 0.25) is 0 Å². The van der Waals surface area contributed by atoms with Crippen LogP contribution in [0.3, 0.4) is 0 Å². The Bertz CT molecular complexity index is 1090. The third-order valence-electron chi connectivity index (χ3n) is 5.77. The highest BCUT2D eigenvalue weighted by molar-refractivity contribution is 9.10. The number of methoxy groups -OCH3 is 1. The van der Waals surface area contributed by atoms with Gasteiger partial charge in [-0.3, -0.25) is 8.98 Å². The summed E-state index contributed by atoms with van der Waals surface area (Å²) in [5, 5.41) is 2.62. The lowest BCUT2D eigenvalue weighted by atomic mass is 10.1. The van der Waals surface area contributed by atoms with Crippen molar-refractivity contribution in [2.45, 2.75) is 88.0 Å². The lowest BCUT2D eigenvalue weighted by molar-refractivity contribution is -0.151. The number of halogens is 1. The first-order valence-electron chi connectivity index (χ1n) is 12.4. The largest absolute Gasteiger partial charge is 0.467 e. The van der Waals surface area contributed by atoms with Gasteiger partial charge in [0.2, 0.25) is 5.91 Å². The van der Waals surface area contributed by atoms with Crippen molar-refractivity contribution in [3.05, 3.63) is 41.4 Å². The van der Waals surface area contributed by atoms with Crippen LogP contribution in [-0.4, -0.2) is 68.7 Å². The van der Waals surface area contributed by atoms with Crippen molar-refractivity contribution < 1.29 is 36.5 Å². The van der Waals surface area contributed by atoms with Gasteiger partial charge < -0.3 is 19.7 Å². The number of carbonyl (C=O) groups is 3. The zero-order valence-electron chi connectivity index (χ0n) is 22.3. The van der Waals surface area contributed by atoms with Crippen molar-refractivity contribution >= 4 is 44.0 Å². The lowest BCUT2D eigenvalue weighted by Crippen LogP contribution is -2.52. The van der Waals surface area contributed by atoms with Crippen LogP contribution in [0.15, 0.2) is 46.3 Å². The number of esters is 1. The summed E-state index contributed by atoms with van der Waals surface area (Å²) >= 11 is 3.26. The SMILES string of the molecule is C=CCCCCC[C@H](NC(=O)OC(C)(C)C)C(=O)N1C[C@@H](OS(=O)(=O)c2ccc(Br)cc2)C[C@H]1C(=O)OC. The number of nitrogens with one attached hydrogen (secondary N) is 1. The molecule has 0 unspecified atom stereocenters. The van der Waals surface area contributed by atoms with Gasteiger partial charge in [0.1, 0.15) is 17.7 Å². The third-order valence-corrected chi connectivity index (χ3v) is 7.68. The maximum atomic E-state index is 13.6. The first kappa shape index (κ1) is 31.8. The van der Waals surface area contributed by atoms with E-state index < -0.39 is 51.9 Å². The van der Waals surface area contributed by atoms with Gasteiger partial charge in [0.15, 0.2) is 0 Å². The molecule has 1 heterocycles. The Morgan fingerprint density at radius 1 is 1.18 bits per heavy atom. The molecule has 10 nitrogen and oxygen atoms in total. The van der Waals surface area contributed by atoms with Crippen molar-refractivity contribution in [1.82, 2.24) is 10.2 Å². The molecule has 1 aromatic rings. The number of amides is 2. The Kier molecular flexibility index (Phi) is 11.8. The average molecular weight is 618 g/mol. The predicted molar refractivity (Wildman–Crippen MR) is 145 cm³/mol. The summed E-state index contributed by atoms with van der Waals surface area (Å²) in [5.74, 6) is -1.24. The molecule has 0 radical (unpaired) electrons. The summed E-state index contributed by atoms with van der Waals surface area (Å²) in [6, 6.07) is 3.87. The van der Waals surface area contributed by atoms with Gasteiger partial charge in [-0.05, 0) is 64.3 Å². The Morgan fingerprint density at radius 2 is 1.84 bits per heavy atom. The Labute approximate surface area is 233 Å². The molecule has 12 heteroatoms. The van der Waals surface area contributed by atoms with E-state index in [9.17, 15) is 22.8 Å². The topological polar surface area (TPSA) is 128 Å². The molecule has 1 saturated heterocycles. The number of allylic oxidation sites excluding steroid dienone is 1. The smallest absolute Gasteiger partial charge is 0.408 e. The van der Waals surface area contributed by atoms with Gasteiger partial charge in [-0.15, -0.1) is 6.58 Å². The van der Waals surface area contributed by atoms with E-state index >= 15 is 0 Å². The predicted octanol–water partition coefficient (Wildman–Crippen LogP) is 4.33. The second kappa shape index (κ2) is 14.1. The van der Waals surface area contributed by atoms with Gasteiger partial charge in [0.05, 0.1) is 18.1 Å². The quantitative estimate of drug-likeness (QED) is 0.159. The van der Waals surface area contributed by atoms with Gasteiger partial charge in [0, 0.05) is 17.4 Å². The number of rotatable bonds is 12. The number of alkyl carbamates (subject to hydrolysis) is 1. The summed E-state index contributed by atoms with van der Waals surface area (Å²) in [7, 11) is -2.97. The zero-order valence-corrected chi connectivity index (χ0v) is 24.7. The molecular formula is C26H37BrN2O8S. The number of carbonyl (C=O) groups excluding carboxylic acids is 3. The van der Waals surface area contributed by atoms with E-state index in [0.29, 0.717) is 17.3 Å². The van der Waals surface area contributed by atoms with E-state index in [1.165, 1.54) is 24.1 Å². The minimum Gasteiger partial charge on any atom is -0.467 e. The summed E-state index contributed by atoms with van der Waals surface area (Å²) in [4.78, 5) is 39.9. The molecule has 1 aliphatic heterocycles. The Morgan fingerprint density at radius 3 is 2.42 bits per heavy atom. The molecule has 212 valence electrons. The van der Waals surface area contributed by atoms with Crippen LogP contribution in [0.1, 0.15) is 59.3 Å². The van der Waals surface area contributed by atoms with Crippen molar-refractivity contribution in [2.24, 2.45) is 0 Å². The van der Waals surface area contributed by atoms with Crippen LogP contribution in [0.5, 0.6) is 0 Å². The molecule has 0 aliphatic carbocycles. The highest BCUT2D eigenvalue weighted by atomic mass is 79.9. The van der Waals surface area contributed by atoms with Crippen molar-refractivity contribution in [3.63, 3.8) is 0 Å². The molecule has 1 aromatic carbocycles. The van der Waals surface area contributed by atoms with E-state index in [1.54, 1.807) is 32.9 Å². The van der Waals surface area contributed by atoms with E-state index in [0.717, 1.165) is 19.3 Å². The fraction of sp³-hybridized carbons (Fsp3) is 0.577. The number of hydrogen-bond acceptors (Lipinski definition) is 8. The summed E-state index contributed by atoms with van der Waals surface area (Å²) < 4.78 is 42.0. The number of benzene rings is 1. The first-order chi connectivity index (χ1) is 17.8. The maximum Gasteiger partial charge on any atom is 0.408 e. The molecule has 2 rings (SSSR count). The van der Waals surface area contributed by atoms with Gasteiger partial charge in [-0.1, -0.05) is 34.8 Å². The molecule has 0 aromatic heterocycles. The summed E-state index contributed by atoms with van der Waals surface area (Å²) in [6.07, 6.45) is 3.46. The fourth-order valence-corrected chi connectivity index (χ4v) is 5.37. The molecule has 0 saturated carbocycles. The Hall–Kier alpha value is -2.44. The number of unbranched alkanes of at least 4 members (excludes halogenated alkanes) is 3. The second-order valence-corrected chi connectivity index (χ2v) is 12.5. The second-order valence-electron chi connectivity index (χ2n) is 10.0. The van der Waals surface area contributed by atoms with Crippen LogP contribution < -0.4 is 5.32 Å². The normalized spacial score (nSPS) is 18.5. The molecular weight excluding hydrogens is 580 g/mol. The lowest BCUT2D eigenvalue weighted by Gasteiger charge is -2.29. The monoisotopic (exact) mass is 616 g/mol. The zero-order chi connectivity index (χ0) is 28.5. The molecule has 38 heavy (non-hydrogen) atoms. The van der Waals surface area contributed by atoms with Crippen molar-refractivity contribution in [3.8, 4) is 0 Å². The molecule has 1 aliphatic rings. The number of ether oxygens (including phenoxy) is 2. The fourth-order valence-electron chi connectivity index (χ4n) is 4.03.